The number of hydrogen-bond donors (Lipinski definition) is 2. The second kappa shape index (κ2) is 8.49. The van der Waals surface area contributed by atoms with E-state index in [1.165, 1.54) is 0 Å². The van der Waals surface area contributed by atoms with Gasteiger partial charge in [0, 0.05) is 18.5 Å². The normalized spacial score (nSPS) is 20.4. The Hall–Kier alpha value is -2.84. The van der Waals surface area contributed by atoms with Gasteiger partial charge in [-0.15, -0.1) is 0 Å². The van der Waals surface area contributed by atoms with E-state index in [4.69, 9.17) is 26.8 Å². The largest absolute Gasteiger partial charge is 0.495 e. The van der Waals surface area contributed by atoms with E-state index in [0.29, 0.717) is 23.1 Å². The molecule has 0 amide bonds. The molecule has 0 radical (unpaired) electrons. The second-order valence-corrected chi connectivity index (χ2v) is 7.98. The highest BCUT2D eigenvalue weighted by atomic mass is 35.5. The predicted molar refractivity (Wildman–Crippen MR) is 117 cm³/mol. The van der Waals surface area contributed by atoms with Crippen molar-refractivity contribution in [3.8, 4) is 5.75 Å². The van der Waals surface area contributed by atoms with E-state index < -0.39 is 5.82 Å². The zero-order valence-electron chi connectivity index (χ0n) is 16.4. The smallest absolute Gasteiger partial charge is 0.229 e. The van der Waals surface area contributed by atoms with Gasteiger partial charge in [-0.05, 0) is 23.8 Å². The van der Waals surface area contributed by atoms with Crippen LogP contribution in [-0.2, 0) is 11.3 Å². The fourth-order valence-corrected chi connectivity index (χ4v) is 3.61. The van der Waals surface area contributed by atoms with E-state index in [9.17, 15) is 4.39 Å². The third kappa shape index (κ3) is 4.83. The van der Waals surface area contributed by atoms with Crippen molar-refractivity contribution in [1.29, 1.82) is 0 Å². The fraction of sp³-hybridized carbons (Fsp3) is 0.238. The minimum atomic E-state index is -0.665. The Kier molecular flexibility index (Phi) is 5.79. The van der Waals surface area contributed by atoms with Crippen molar-refractivity contribution < 1.29 is 13.9 Å². The molecule has 2 aromatic carbocycles. The van der Waals surface area contributed by atoms with Crippen LogP contribution in [0, 0.1) is 5.82 Å². The highest BCUT2D eigenvalue weighted by Crippen LogP contribution is 2.39. The number of aromatic nitrogens is 2. The summed E-state index contributed by atoms with van der Waals surface area (Å²) in [6.45, 7) is 0.596. The van der Waals surface area contributed by atoms with E-state index in [-0.39, 0.29) is 23.4 Å². The van der Waals surface area contributed by atoms with Crippen LogP contribution < -0.4 is 15.8 Å². The van der Waals surface area contributed by atoms with Crippen molar-refractivity contribution in [2.45, 2.75) is 31.1 Å². The minimum absolute atomic E-state index is 0.163. The van der Waals surface area contributed by atoms with Gasteiger partial charge in [-0.2, -0.15) is 4.98 Å². The number of nitrogens with two attached hydrogens (primary N) is 1. The highest BCUT2D eigenvalue weighted by Gasteiger charge is 2.43. The van der Waals surface area contributed by atoms with Gasteiger partial charge >= 0.3 is 0 Å². The van der Waals surface area contributed by atoms with Crippen molar-refractivity contribution in [3.63, 3.8) is 0 Å². The van der Waals surface area contributed by atoms with Gasteiger partial charge in [0.1, 0.15) is 5.75 Å². The lowest BCUT2D eigenvalue weighted by Crippen LogP contribution is -2.53. The van der Waals surface area contributed by atoms with Crippen LogP contribution >= 0.6 is 11.6 Å². The minimum Gasteiger partial charge on any atom is -0.495 e. The zero-order valence-corrected chi connectivity index (χ0v) is 17.2. The molecule has 3 aromatic rings. The highest BCUT2D eigenvalue weighted by molar-refractivity contribution is 6.32. The van der Waals surface area contributed by atoms with Gasteiger partial charge in [0.25, 0.3) is 0 Å². The maximum absolute atomic E-state index is 13.2. The first-order chi connectivity index (χ1) is 14.4. The Bertz CT molecular complexity index is 1030. The summed E-state index contributed by atoms with van der Waals surface area (Å²) in [5, 5.41) is 3.39. The Balaban J connectivity index is 1.32. The molecular formula is C21H21BClFN4O2. The molecule has 3 N–H and O–H groups in total. The number of anilines is 3. The third-order valence-corrected chi connectivity index (χ3v) is 5.26. The summed E-state index contributed by atoms with van der Waals surface area (Å²) in [5.41, 5.74) is 6.94. The van der Waals surface area contributed by atoms with Crippen molar-refractivity contribution >= 4 is 36.9 Å². The van der Waals surface area contributed by atoms with E-state index in [0.717, 1.165) is 24.6 Å². The number of nitrogens with one attached hydrogen (secondary N) is 1. The molecule has 1 saturated carbocycles. The number of benzene rings is 2. The maximum atomic E-state index is 13.2. The molecule has 9 heteroatoms. The van der Waals surface area contributed by atoms with Crippen LogP contribution in [0.1, 0.15) is 18.4 Å². The molecule has 1 aromatic heterocycles. The first-order valence-electron chi connectivity index (χ1n) is 9.59. The van der Waals surface area contributed by atoms with Crippen molar-refractivity contribution in [1.82, 2.24) is 9.97 Å². The number of rotatable bonds is 7. The van der Waals surface area contributed by atoms with Crippen LogP contribution in [0.4, 0.5) is 21.8 Å². The fourth-order valence-electron chi connectivity index (χ4n) is 3.39. The summed E-state index contributed by atoms with van der Waals surface area (Å²) in [7, 11) is 2.05. The molecule has 1 aliphatic carbocycles. The van der Waals surface area contributed by atoms with Crippen LogP contribution in [0.25, 0.3) is 0 Å². The average molecular weight is 427 g/mol. The van der Waals surface area contributed by atoms with Gasteiger partial charge in [0.05, 0.1) is 29.4 Å². The van der Waals surface area contributed by atoms with Gasteiger partial charge in [-0.1, -0.05) is 41.9 Å². The van der Waals surface area contributed by atoms with Crippen LogP contribution in [-0.4, -0.2) is 29.4 Å². The Morgan fingerprint density at radius 1 is 1.23 bits per heavy atom. The molecule has 0 unspecified atom stereocenters. The third-order valence-electron chi connectivity index (χ3n) is 4.96. The van der Waals surface area contributed by atoms with E-state index in [1.54, 1.807) is 18.2 Å². The van der Waals surface area contributed by atoms with Crippen LogP contribution in [0.5, 0.6) is 5.75 Å². The van der Waals surface area contributed by atoms with Gasteiger partial charge in [-0.3, -0.25) is 0 Å². The summed E-state index contributed by atoms with van der Waals surface area (Å²) in [6, 6.07) is 15.4. The molecule has 1 aliphatic rings. The Morgan fingerprint density at radius 3 is 2.70 bits per heavy atom. The molecule has 30 heavy (non-hydrogen) atoms. The first-order valence-corrected chi connectivity index (χ1v) is 9.97. The summed E-state index contributed by atoms with van der Waals surface area (Å²) >= 11 is 6.40. The molecule has 1 heterocycles. The van der Waals surface area contributed by atoms with E-state index in [1.807, 2.05) is 26.0 Å². The maximum Gasteiger partial charge on any atom is 0.229 e. The number of nitrogen functional groups attached to an aromatic ring is 1. The van der Waals surface area contributed by atoms with Gasteiger partial charge in [0.2, 0.25) is 5.95 Å². The zero-order chi connectivity index (χ0) is 21.1. The molecule has 1 fully saturated rings. The summed E-state index contributed by atoms with van der Waals surface area (Å²) in [4.78, 5) is 7.69. The monoisotopic (exact) mass is 426 g/mol. The number of ether oxygens (including phenoxy) is 2. The number of hydrogen-bond acceptors (Lipinski definition) is 6. The van der Waals surface area contributed by atoms with E-state index in [2.05, 4.69) is 27.4 Å². The van der Waals surface area contributed by atoms with Gasteiger partial charge < -0.3 is 20.5 Å². The lowest BCUT2D eigenvalue weighted by atomic mass is 9.63. The lowest BCUT2D eigenvalue weighted by molar-refractivity contribution is -0.0886. The summed E-state index contributed by atoms with van der Waals surface area (Å²) < 4.78 is 25.3. The SMILES string of the molecule is BC1(Oc2ccc(Nc3ncc(F)c(N)n3)cc2Cl)CC(OCc2ccccc2)C1. The molecule has 0 saturated heterocycles. The first kappa shape index (κ1) is 20.4. The topological polar surface area (TPSA) is 82.3 Å². The van der Waals surface area contributed by atoms with Crippen molar-refractivity contribution in [2.75, 3.05) is 11.1 Å². The molecular weight excluding hydrogens is 406 g/mol. The van der Waals surface area contributed by atoms with Gasteiger partial charge in [0.15, 0.2) is 19.5 Å². The summed E-state index contributed by atoms with van der Waals surface area (Å²) in [6.07, 6.45) is 2.76. The van der Waals surface area contributed by atoms with E-state index >= 15 is 0 Å². The Morgan fingerprint density at radius 2 is 2.00 bits per heavy atom. The predicted octanol–water partition coefficient (Wildman–Crippen LogP) is 3.68. The molecule has 6 nitrogen and oxygen atoms in total. The number of halogens is 2. The molecule has 4 rings (SSSR count). The van der Waals surface area contributed by atoms with Crippen molar-refractivity contribution in [2.24, 2.45) is 0 Å². The van der Waals surface area contributed by atoms with Crippen molar-refractivity contribution in [3.05, 3.63) is 71.1 Å². The standard InChI is InChI=1S/C21H21BClFN4O2/c22-21(9-15(10-21)29-12-13-4-2-1-3-5-13)30-18-7-6-14(8-16(18)23)27-20-26-11-17(24)19(25)28-20/h1-8,11,15H,9-10,12,22H2,(H3,25,26,27,28). The molecule has 0 bridgehead atoms. The lowest BCUT2D eigenvalue weighted by Gasteiger charge is -2.45. The van der Waals surface area contributed by atoms with Crippen LogP contribution in [0.15, 0.2) is 54.7 Å². The van der Waals surface area contributed by atoms with Crippen LogP contribution in [0.2, 0.25) is 5.02 Å². The van der Waals surface area contributed by atoms with Crippen LogP contribution in [0.3, 0.4) is 0 Å². The molecule has 0 spiro atoms. The molecule has 154 valence electrons. The molecule has 0 atom stereocenters. The second-order valence-electron chi connectivity index (χ2n) is 7.58. The Labute approximate surface area is 180 Å². The van der Waals surface area contributed by atoms with Gasteiger partial charge in [-0.25, -0.2) is 9.37 Å². The molecule has 0 aliphatic heterocycles. The average Bonchev–Trinajstić information content (AvgIpc) is 2.70. The summed E-state index contributed by atoms with van der Waals surface area (Å²) in [5.74, 6) is -0.114. The quantitative estimate of drug-likeness (QED) is 0.561. The number of nitrogens with zero attached hydrogens (tertiary/aromatic N) is 2.